The van der Waals surface area contributed by atoms with Crippen molar-refractivity contribution >= 4 is 38.8 Å². The maximum absolute atomic E-state index is 14.5. The summed E-state index contributed by atoms with van der Waals surface area (Å²) in [6, 6.07) is 3.79. The minimum atomic E-state index is -0.314. The second-order valence-electron chi connectivity index (χ2n) is 4.98. The molecule has 1 aliphatic rings. The van der Waals surface area contributed by atoms with Gasteiger partial charge in [0.2, 0.25) is 0 Å². The highest BCUT2D eigenvalue weighted by atomic mass is 79.9. The topological polar surface area (TPSA) is 49.5 Å². The van der Waals surface area contributed by atoms with Gasteiger partial charge in [-0.05, 0) is 53.7 Å². The van der Waals surface area contributed by atoms with Gasteiger partial charge in [-0.2, -0.15) is 0 Å². The zero-order valence-electron chi connectivity index (χ0n) is 11.1. The molecule has 110 valence electrons. The van der Waals surface area contributed by atoms with E-state index in [1.54, 1.807) is 12.1 Å². The summed E-state index contributed by atoms with van der Waals surface area (Å²) < 4.78 is 14.8. The van der Waals surface area contributed by atoms with Gasteiger partial charge >= 0.3 is 0 Å². The summed E-state index contributed by atoms with van der Waals surface area (Å²) in [5, 5.41) is 8.95. The molecule has 1 fully saturated rings. The molecule has 20 heavy (non-hydrogen) atoms. The maximum Gasteiger partial charge on any atom is 0.161 e. The number of hydrogen-bond acceptors (Lipinski definition) is 3. The Morgan fingerprint density at radius 2 is 2.30 bits per heavy atom. The van der Waals surface area contributed by atoms with E-state index in [4.69, 9.17) is 23.1 Å². The van der Waals surface area contributed by atoms with Crippen LogP contribution in [0.1, 0.15) is 31.2 Å². The van der Waals surface area contributed by atoms with Gasteiger partial charge in [-0.25, -0.2) is 4.39 Å². The molecule has 1 aromatic rings. The first-order valence-corrected chi connectivity index (χ1v) is 7.91. The average molecular weight is 361 g/mol. The monoisotopic (exact) mass is 360 g/mol. The van der Waals surface area contributed by atoms with E-state index in [2.05, 4.69) is 20.8 Å². The van der Waals surface area contributed by atoms with Gasteiger partial charge in [0.05, 0.1) is 10.2 Å². The fourth-order valence-corrected chi connectivity index (χ4v) is 3.58. The molecular weight excluding hydrogens is 343 g/mol. The van der Waals surface area contributed by atoms with Crippen molar-refractivity contribution in [3.05, 3.63) is 28.0 Å². The Hall–Kier alpha value is -0.720. The van der Waals surface area contributed by atoms with Crippen LogP contribution in [-0.2, 0) is 0 Å². The molecule has 0 radical (unpaired) electrons. The van der Waals surface area contributed by atoms with E-state index >= 15 is 0 Å². The summed E-state index contributed by atoms with van der Waals surface area (Å²) in [6.45, 7) is 1.02. The van der Waals surface area contributed by atoms with Crippen LogP contribution in [0.4, 0.5) is 10.1 Å². The quantitative estimate of drug-likeness (QED) is 0.792. The predicted octanol–water partition coefficient (Wildman–Crippen LogP) is 2.96. The third kappa shape index (κ3) is 3.13. The lowest BCUT2D eigenvalue weighted by molar-refractivity contribution is 0.279. The van der Waals surface area contributed by atoms with Gasteiger partial charge in [-0.3, -0.25) is 0 Å². The van der Waals surface area contributed by atoms with Gasteiger partial charge < -0.3 is 15.7 Å². The van der Waals surface area contributed by atoms with Crippen molar-refractivity contribution in [2.24, 2.45) is 5.73 Å². The highest BCUT2D eigenvalue weighted by Gasteiger charge is 2.27. The van der Waals surface area contributed by atoms with E-state index in [1.165, 1.54) is 0 Å². The van der Waals surface area contributed by atoms with Crippen LogP contribution >= 0.6 is 28.1 Å². The first-order valence-electron chi connectivity index (χ1n) is 6.71. The molecule has 1 saturated heterocycles. The van der Waals surface area contributed by atoms with E-state index < -0.39 is 0 Å². The largest absolute Gasteiger partial charge is 0.396 e. The zero-order chi connectivity index (χ0) is 14.7. The second kappa shape index (κ2) is 6.83. The lowest BCUT2D eigenvalue weighted by atomic mass is 10.1. The van der Waals surface area contributed by atoms with Gasteiger partial charge in [0.1, 0.15) is 4.99 Å². The van der Waals surface area contributed by atoms with Crippen molar-refractivity contribution in [1.29, 1.82) is 0 Å². The SMILES string of the molecule is NC(=S)c1ccc(N2CCCC2CCCO)c(F)c1Br. The minimum Gasteiger partial charge on any atom is -0.396 e. The van der Waals surface area contributed by atoms with Crippen molar-refractivity contribution in [2.45, 2.75) is 31.7 Å². The summed E-state index contributed by atoms with van der Waals surface area (Å²) in [5.74, 6) is -0.314. The number of aliphatic hydroxyl groups excluding tert-OH is 1. The lowest BCUT2D eigenvalue weighted by Gasteiger charge is -2.27. The fraction of sp³-hybridized carbons (Fsp3) is 0.500. The fourth-order valence-electron chi connectivity index (χ4n) is 2.73. The molecule has 1 aliphatic heterocycles. The van der Waals surface area contributed by atoms with E-state index in [0.29, 0.717) is 21.8 Å². The van der Waals surface area contributed by atoms with Crippen molar-refractivity contribution in [1.82, 2.24) is 0 Å². The molecule has 0 saturated carbocycles. The maximum atomic E-state index is 14.5. The van der Waals surface area contributed by atoms with Crippen LogP contribution in [-0.4, -0.2) is 29.3 Å². The number of aliphatic hydroxyl groups is 1. The number of nitrogens with zero attached hydrogens (tertiary/aromatic N) is 1. The van der Waals surface area contributed by atoms with E-state index in [9.17, 15) is 4.39 Å². The molecule has 0 amide bonds. The number of nitrogens with two attached hydrogens (primary N) is 1. The van der Waals surface area contributed by atoms with Crippen LogP contribution in [0.15, 0.2) is 16.6 Å². The Labute approximate surface area is 132 Å². The van der Waals surface area contributed by atoms with Gasteiger partial charge in [0.15, 0.2) is 5.82 Å². The molecule has 3 nitrogen and oxygen atoms in total. The van der Waals surface area contributed by atoms with Crippen LogP contribution in [0.2, 0.25) is 0 Å². The Kier molecular flexibility index (Phi) is 5.35. The summed E-state index contributed by atoms with van der Waals surface area (Å²) in [6.07, 6.45) is 3.71. The smallest absolute Gasteiger partial charge is 0.161 e. The Balaban J connectivity index is 2.28. The molecule has 2 rings (SSSR count). The Morgan fingerprint density at radius 3 is 2.95 bits per heavy atom. The number of anilines is 1. The molecule has 0 spiro atoms. The van der Waals surface area contributed by atoms with Crippen LogP contribution in [0, 0.1) is 5.82 Å². The molecule has 0 aromatic heterocycles. The predicted molar refractivity (Wildman–Crippen MR) is 86.7 cm³/mol. The van der Waals surface area contributed by atoms with Gasteiger partial charge in [0.25, 0.3) is 0 Å². The Morgan fingerprint density at radius 1 is 1.55 bits per heavy atom. The molecule has 1 heterocycles. The summed E-state index contributed by atoms with van der Waals surface area (Å²) in [5.41, 5.74) is 6.67. The number of benzene rings is 1. The number of hydrogen-bond donors (Lipinski definition) is 2. The second-order valence-corrected chi connectivity index (χ2v) is 6.21. The minimum absolute atomic E-state index is 0.177. The third-order valence-corrected chi connectivity index (χ3v) is 4.70. The van der Waals surface area contributed by atoms with Crippen LogP contribution in [0.5, 0.6) is 0 Å². The normalized spacial score (nSPS) is 18.6. The molecule has 1 aromatic carbocycles. The highest BCUT2D eigenvalue weighted by molar-refractivity contribution is 9.10. The van der Waals surface area contributed by atoms with Crippen LogP contribution < -0.4 is 10.6 Å². The van der Waals surface area contributed by atoms with Gasteiger partial charge in [-0.1, -0.05) is 12.2 Å². The Bertz CT molecular complexity index is 512. The van der Waals surface area contributed by atoms with E-state index in [1.807, 2.05) is 0 Å². The molecule has 1 unspecified atom stereocenters. The molecule has 6 heteroatoms. The third-order valence-electron chi connectivity index (χ3n) is 3.71. The summed E-state index contributed by atoms with van der Waals surface area (Å²) in [7, 11) is 0. The molecule has 3 N–H and O–H groups in total. The van der Waals surface area contributed by atoms with Crippen LogP contribution in [0.3, 0.4) is 0 Å². The zero-order valence-corrected chi connectivity index (χ0v) is 13.5. The standard InChI is InChI=1S/C14H18BrFN2OS/c15-12-10(14(17)20)5-6-11(13(12)16)18-7-1-3-9(18)4-2-8-19/h5-6,9,19H,1-4,7-8H2,(H2,17,20). The van der Waals surface area contributed by atoms with Crippen molar-refractivity contribution in [3.63, 3.8) is 0 Å². The van der Waals surface area contributed by atoms with Crippen LogP contribution in [0.25, 0.3) is 0 Å². The summed E-state index contributed by atoms with van der Waals surface area (Å²) in [4.78, 5) is 2.26. The van der Waals surface area contributed by atoms with Gasteiger partial charge in [0, 0.05) is 24.8 Å². The lowest BCUT2D eigenvalue weighted by Crippen LogP contribution is -2.30. The first kappa shape index (κ1) is 15.7. The number of halogens is 2. The summed E-state index contributed by atoms with van der Waals surface area (Å²) >= 11 is 8.15. The molecular formula is C14H18BrFN2OS. The van der Waals surface area contributed by atoms with Gasteiger partial charge in [-0.15, -0.1) is 0 Å². The number of thiocarbonyl (C=S) groups is 1. The van der Waals surface area contributed by atoms with E-state index in [-0.39, 0.29) is 17.4 Å². The average Bonchev–Trinajstić information content (AvgIpc) is 2.87. The van der Waals surface area contributed by atoms with Crippen molar-refractivity contribution < 1.29 is 9.50 Å². The highest BCUT2D eigenvalue weighted by Crippen LogP contribution is 2.34. The van der Waals surface area contributed by atoms with Crippen molar-refractivity contribution in [2.75, 3.05) is 18.1 Å². The van der Waals surface area contributed by atoms with Crippen molar-refractivity contribution in [3.8, 4) is 0 Å². The van der Waals surface area contributed by atoms with E-state index in [0.717, 1.165) is 32.2 Å². The molecule has 0 bridgehead atoms. The molecule has 1 atom stereocenters. The number of rotatable bonds is 5. The molecule has 0 aliphatic carbocycles. The first-order chi connectivity index (χ1) is 9.56.